The molecule has 0 aromatic heterocycles. The summed E-state index contributed by atoms with van der Waals surface area (Å²) in [6.07, 6.45) is 1.97. The first-order valence-corrected chi connectivity index (χ1v) is 4.95. The molecular formula is C8H9ClOS. The van der Waals surface area contributed by atoms with Gasteiger partial charge >= 0.3 is 0 Å². The first-order valence-electron chi connectivity index (χ1n) is 3.19. The standard InChI is InChI=1S/C8H9ClOS/c1-11-7-3-2-6(5-9)8(10)4-7/h2-4,10H,5H2,1H3. The Morgan fingerprint density at radius 2 is 2.27 bits per heavy atom. The van der Waals surface area contributed by atoms with Crippen LogP contribution in [0.5, 0.6) is 5.75 Å². The molecule has 3 heteroatoms. The van der Waals surface area contributed by atoms with Gasteiger partial charge in [-0.05, 0) is 18.4 Å². The lowest BCUT2D eigenvalue weighted by molar-refractivity contribution is 0.469. The molecule has 1 aromatic carbocycles. The molecule has 0 saturated heterocycles. The first-order chi connectivity index (χ1) is 5.27. The minimum atomic E-state index is 0.284. The minimum Gasteiger partial charge on any atom is -0.508 e. The number of halogens is 1. The highest BCUT2D eigenvalue weighted by atomic mass is 35.5. The summed E-state index contributed by atoms with van der Waals surface area (Å²) in [7, 11) is 0. The van der Waals surface area contributed by atoms with Gasteiger partial charge in [0.15, 0.2) is 0 Å². The molecule has 1 rings (SSSR count). The number of aromatic hydroxyl groups is 1. The van der Waals surface area contributed by atoms with Gasteiger partial charge in [0.25, 0.3) is 0 Å². The molecule has 0 aliphatic rings. The maximum absolute atomic E-state index is 9.32. The van der Waals surface area contributed by atoms with Gasteiger partial charge in [-0.15, -0.1) is 23.4 Å². The Morgan fingerprint density at radius 3 is 2.73 bits per heavy atom. The number of hydrogen-bond acceptors (Lipinski definition) is 2. The molecular weight excluding hydrogens is 180 g/mol. The van der Waals surface area contributed by atoms with Crippen LogP contribution in [-0.4, -0.2) is 11.4 Å². The third kappa shape index (κ3) is 2.04. The van der Waals surface area contributed by atoms with E-state index >= 15 is 0 Å². The summed E-state index contributed by atoms with van der Waals surface area (Å²) in [5.41, 5.74) is 0.782. The van der Waals surface area contributed by atoms with E-state index in [9.17, 15) is 5.11 Å². The zero-order valence-electron chi connectivity index (χ0n) is 6.17. The Hall–Kier alpha value is -0.340. The largest absolute Gasteiger partial charge is 0.508 e. The second kappa shape index (κ2) is 3.88. The average molecular weight is 189 g/mol. The third-order valence-electron chi connectivity index (χ3n) is 1.44. The molecule has 0 heterocycles. The van der Waals surface area contributed by atoms with Crippen LogP contribution in [0.25, 0.3) is 0 Å². The molecule has 1 aromatic rings. The lowest BCUT2D eigenvalue weighted by Crippen LogP contribution is -1.79. The van der Waals surface area contributed by atoms with Crippen LogP contribution in [0, 0.1) is 0 Å². The van der Waals surface area contributed by atoms with Crippen molar-refractivity contribution in [2.24, 2.45) is 0 Å². The SMILES string of the molecule is CSc1ccc(CCl)c(O)c1. The van der Waals surface area contributed by atoms with E-state index in [0.29, 0.717) is 5.88 Å². The fourth-order valence-electron chi connectivity index (χ4n) is 0.784. The Kier molecular flexibility index (Phi) is 3.09. The van der Waals surface area contributed by atoms with E-state index in [1.54, 1.807) is 17.8 Å². The van der Waals surface area contributed by atoms with E-state index < -0.39 is 0 Å². The van der Waals surface area contributed by atoms with Gasteiger partial charge in [-0.1, -0.05) is 6.07 Å². The smallest absolute Gasteiger partial charge is 0.121 e. The highest BCUT2D eigenvalue weighted by Crippen LogP contribution is 2.25. The highest BCUT2D eigenvalue weighted by molar-refractivity contribution is 7.98. The van der Waals surface area contributed by atoms with Crippen molar-refractivity contribution in [3.63, 3.8) is 0 Å². The number of hydrogen-bond donors (Lipinski definition) is 1. The zero-order chi connectivity index (χ0) is 8.27. The van der Waals surface area contributed by atoms with Gasteiger partial charge < -0.3 is 5.11 Å². The number of phenols is 1. The van der Waals surface area contributed by atoms with Crippen molar-refractivity contribution in [2.75, 3.05) is 6.26 Å². The van der Waals surface area contributed by atoms with E-state index in [4.69, 9.17) is 11.6 Å². The molecule has 11 heavy (non-hydrogen) atoms. The molecule has 0 aliphatic carbocycles. The summed E-state index contributed by atoms with van der Waals surface area (Å²) in [5, 5.41) is 9.32. The number of thioether (sulfide) groups is 1. The lowest BCUT2D eigenvalue weighted by atomic mass is 10.2. The Labute approximate surface area is 75.4 Å². The minimum absolute atomic E-state index is 0.284. The molecule has 0 radical (unpaired) electrons. The van der Waals surface area contributed by atoms with Crippen molar-refractivity contribution in [1.82, 2.24) is 0 Å². The molecule has 1 N–H and O–H groups in total. The lowest BCUT2D eigenvalue weighted by Gasteiger charge is -2.01. The topological polar surface area (TPSA) is 20.2 Å². The zero-order valence-corrected chi connectivity index (χ0v) is 7.75. The van der Waals surface area contributed by atoms with E-state index in [-0.39, 0.29) is 5.75 Å². The summed E-state index contributed by atoms with van der Waals surface area (Å²) in [6, 6.07) is 5.51. The molecule has 60 valence electrons. The second-order valence-electron chi connectivity index (χ2n) is 2.13. The van der Waals surface area contributed by atoms with Crippen molar-refractivity contribution < 1.29 is 5.11 Å². The molecule has 0 bridgehead atoms. The summed E-state index contributed by atoms with van der Waals surface area (Å²) in [5.74, 6) is 0.646. The highest BCUT2D eigenvalue weighted by Gasteiger charge is 1.99. The molecule has 0 aliphatic heterocycles. The Morgan fingerprint density at radius 1 is 1.55 bits per heavy atom. The predicted octanol–water partition coefficient (Wildman–Crippen LogP) is 2.85. The van der Waals surface area contributed by atoms with Crippen LogP contribution in [0.2, 0.25) is 0 Å². The molecule has 0 atom stereocenters. The molecule has 1 nitrogen and oxygen atoms in total. The van der Waals surface area contributed by atoms with E-state index in [1.807, 2.05) is 18.4 Å². The fraction of sp³-hybridized carbons (Fsp3) is 0.250. The Balaban J connectivity index is 2.99. The monoisotopic (exact) mass is 188 g/mol. The normalized spacial score (nSPS) is 10.0. The molecule has 0 amide bonds. The fourth-order valence-corrected chi connectivity index (χ4v) is 1.44. The van der Waals surface area contributed by atoms with Crippen molar-refractivity contribution in [1.29, 1.82) is 0 Å². The van der Waals surface area contributed by atoms with Gasteiger partial charge in [0.1, 0.15) is 5.75 Å². The van der Waals surface area contributed by atoms with Crippen molar-refractivity contribution in [2.45, 2.75) is 10.8 Å². The van der Waals surface area contributed by atoms with E-state index in [2.05, 4.69) is 0 Å². The summed E-state index contributed by atoms with van der Waals surface area (Å²) in [6.45, 7) is 0. The predicted molar refractivity (Wildman–Crippen MR) is 49.4 cm³/mol. The summed E-state index contributed by atoms with van der Waals surface area (Å²) < 4.78 is 0. The van der Waals surface area contributed by atoms with Crippen LogP contribution in [0.15, 0.2) is 23.1 Å². The number of alkyl halides is 1. The van der Waals surface area contributed by atoms with Crippen LogP contribution < -0.4 is 0 Å². The quantitative estimate of drug-likeness (QED) is 0.569. The summed E-state index contributed by atoms with van der Waals surface area (Å²) >= 11 is 7.16. The van der Waals surface area contributed by atoms with Crippen molar-refractivity contribution in [3.05, 3.63) is 23.8 Å². The van der Waals surface area contributed by atoms with Gasteiger partial charge in [-0.25, -0.2) is 0 Å². The van der Waals surface area contributed by atoms with Crippen LogP contribution in [0.1, 0.15) is 5.56 Å². The average Bonchev–Trinajstić information content (AvgIpc) is 2.04. The molecule has 0 fully saturated rings. The van der Waals surface area contributed by atoms with E-state index in [0.717, 1.165) is 10.5 Å². The first kappa shape index (κ1) is 8.75. The maximum atomic E-state index is 9.32. The maximum Gasteiger partial charge on any atom is 0.121 e. The number of benzene rings is 1. The van der Waals surface area contributed by atoms with Gasteiger partial charge in [0.05, 0.1) is 5.88 Å². The Bertz CT molecular complexity index is 250. The summed E-state index contributed by atoms with van der Waals surface area (Å²) in [4.78, 5) is 1.05. The van der Waals surface area contributed by atoms with Crippen LogP contribution in [0.4, 0.5) is 0 Å². The van der Waals surface area contributed by atoms with Gasteiger partial charge in [0.2, 0.25) is 0 Å². The third-order valence-corrected chi connectivity index (χ3v) is 2.45. The van der Waals surface area contributed by atoms with Gasteiger partial charge in [-0.2, -0.15) is 0 Å². The second-order valence-corrected chi connectivity index (χ2v) is 3.28. The van der Waals surface area contributed by atoms with Gasteiger partial charge in [0, 0.05) is 10.5 Å². The molecule has 0 saturated carbocycles. The van der Waals surface area contributed by atoms with Crippen LogP contribution in [-0.2, 0) is 5.88 Å². The van der Waals surface area contributed by atoms with Crippen molar-refractivity contribution >= 4 is 23.4 Å². The molecule has 0 spiro atoms. The molecule has 0 unspecified atom stereocenters. The van der Waals surface area contributed by atoms with Gasteiger partial charge in [-0.3, -0.25) is 0 Å². The number of phenolic OH excluding ortho intramolecular Hbond substituents is 1. The van der Waals surface area contributed by atoms with Crippen LogP contribution >= 0.6 is 23.4 Å². The van der Waals surface area contributed by atoms with Crippen LogP contribution in [0.3, 0.4) is 0 Å². The number of rotatable bonds is 2. The van der Waals surface area contributed by atoms with Crippen molar-refractivity contribution in [3.8, 4) is 5.75 Å². The van der Waals surface area contributed by atoms with E-state index in [1.165, 1.54) is 0 Å².